The molecule has 0 bridgehead atoms. The number of aromatic nitrogens is 2. The lowest BCUT2D eigenvalue weighted by Gasteiger charge is -2.23. The third-order valence-electron chi connectivity index (χ3n) is 3.66. The van der Waals surface area contributed by atoms with E-state index in [1.165, 1.54) is 12.8 Å². The minimum absolute atomic E-state index is 0.431. The van der Waals surface area contributed by atoms with Crippen molar-refractivity contribution in [2.24, 2.45) is 0 Å². The molecule has 1 saturated heterocycles. The molecule has 5 heteroatoms. The van der Waals surface area contributed by atoms with Gasteiger partial charge in [-0.25, -0.2) is 0 Å². The van der Waals surface area contributed by atoms with E-state index in [1.807, 2.05) is 13.8 Å². The Balaban J connectivity index is 2.03. The molecule has 1 fully saturated rings. The van der Waals surface area contributed by atoms with Crippen LogP contribution in [0.15, 0.2) is 4.52 Å². The minimum Gasteiger partial charge on any atom is -0.367 e. The lowest BCUT2D eigenvalue weighted by atomic mass is 10.0. The molecule has 1 aliphatic rings. The topological polar surface area (TPSA) is 60.2 Å². The Labute approximate surface area is 108 Å². The van der Waals surface area contributed by atoms with Crippen LogP contribution in [0, 0.1) is 0 Å². The summed E-state index contributed by atoms with van der Waals surface area (Å²) in [6, 6.07) is 0.485. The van der Waals surface area contributed by atoms with Crippen molar-refractivity contribution in [1.82, 2.24) is 15.5 Å². The highest BCUT2D eigenvalue weighted by atomic mass is 16.5. The molecule has 0 aliphatic carbocycles. The number of hydrogen-bond acceptors (Lipinski definition) is 5. The molecular formula is C13H23N3O2. The highest BCUT2D eigenvalue weighted by molar-refractivity contribution is 5.00. The standard InChI is InChI=1S/C13H23N3O2/c1-4-13(3,17-5-2)12-15-11(18-16-12)9-10-7-6-8-14-10/h10,14H,4-9H2,1-3H3. The molecule has 2 atom stereocenters. The second-order valence-electron chi connectivity index (χ2n) is 5.03. The van der Waals surface area contributed by atoms with Crippen molar-refractivity contribution in [2.75, 3.05) is 13.2 Å². The van der Waals surface area contributed by atoms with E-state index in [1.54, 1.807) is 0 Å². The molecule has 0 spiro atoms. The second-order valence-corrected chi connectivity index (χ2v) is 5.03. The van der Waals surface area contributed by atoms with Gasteiger partial charge in [-0.3, -0.25) is 0 Å². The summed E-state index contributed by atoms with van der Waals surface area (Å²) in [7, 11) is 0. The van der Waals surface area contributed by atoms with Crippen molar-refractivity contribution >= 4 is 0 Å². The van der Waals surface area contributed by atoms with Crippen LogP contribution in [0.1, 0.15) is 51.7 Å². The molecule has 102 valence electrons. The van der Waals surface area contributed by atoms with Crippen LogP contribution in [0.4, 0.5) is 0 Å². The number of nitrogens with zero attached hydrogens (tertiary/aromatic N) is 2. The Kier molecular flexibility index (Phi) is 4.35. The van der Waals surface area contributed by atoms with Crippen LogP contribution in [0.2, 0.25) is 0 Å². The first-order valence-electron chi connectivity index (χ1n) is 6.88. The van der Waals surface area contributed by atoms with Gasteiger partial charge in [0.25, 0.3) is 0 Å². The van der Waals surface area contributed by atoms with Crippen LogP contribution in [0.5, 0.6) is 0 Å². The second kappa shape index (κ2) is 5.80. The minimum atomic E-state index is -0.431. The van der Waals surface area contributed by atoms with Crippen LogP contribution in [-0.4, -0.2) is 29.3 Å². The van der Waals surface area contributed by atoms with Gasteiger partial charge in [-0.1, -0.05) is 12.1 Å². The molecule has 2 rings (SSSR count). The predicted molar refractivity (Wildman–Crippen MR) is 68.3 cm³/mol. The molecule has 1 aromatic rings. The summed E-state index contributed by atoms with van der Waals surface area (Å²) in [6.45, 7) is 7.82. The maximum absolute atomic E-state index is 5.75. The van der Waals surface area contributed by atoms with Gasteiger partial charge < -0.3 is 14.6 Å². The number of nitrogens with one attached hydrogen (secondary N) is 1. The first-order valence-corrected chi connectivity index (χ1v) is 6.88. The van der Waals surface area contributed by atoms with Crippen LogP contribution in [0.25, 0.3) is 0 Å². The van der Waals surface area contributed by atoms with Gasteiger partial charge >= 0.3 is 0 Å². The molecule has 1 aliphatic heterocycles. The lowest BCUT2D eigenvalue weighted by molar-refractivity contribution is -0.0403. The predicted octanol–water partition coefficient (Wildman–Crippen LogP) is 2.03. The van der Waals surface area contributed by atoms with Crippen LogP contribution < -0.4 is 5.32 Å². The summed E-state index contributed by atoms with van der Waals surface area (Å²) >= 11 is 0. The smallest absolute Gasteiger partial charge is 0.228 e. The van der Waals surface area contributed by atoms with Crippen molar-refractivity contribution in [3.05, 3.63) is 11.7 Å². The number of ether oxygens (including phenoxy) is 1. The van der Waals surface area contributed by atoms with Gasteiger partial charge in [-0.05, 0) is 39.7 Å². The fraction of sp³-hybridized carbons (Fsp3) is 0.846. The van der Waals surface area contributed by atoms with Crippen LogP contribution in [0.3, 0.4) is 0 Å². The summed E-state index contributed by atoms with van der Waals surface area (Å²) in [5.74, 6) is 1.38. The molecule has 18 heavy (non-hydrogen) atoms. The van der Waals surface area contributed by atoms with Gasteiger partial charge in [0, 0.05) is 19.1 Å². The molecule has 1 N–H and O–H groups in total. The number of rotatable bonds is 6. The van der Waals surface area contributed by atoms with E-state index >= 15 is 0 Å². The number of hydrogen-bond donors (Lipinski definition) is 1. The van der Waals surface area contributed by atoms with Gasteiger partial charge in [0.1, 0.15) is 5.60 Å². The summed E-state index contributed by atoms with van der Waals surface area (Å²) in [5, 5.41) is 7.51. The highest BCUT2D eigenvalue weighted by Crippen LogP contribution is 2.26. The van der Waals surface area contributed by atoms with Gasteiger partial charge in [0.05, 0.1) is 0 Å². The van der Waals surface area contributed by atoms with Crippen molar-refractivity contribution in [1.29, 1.82) is 0 Å². The SMILES string of the molecule is CCOC(C)(CC)c1noc(CC2CCCN2)n1. The van der Waals surface area contributed by atoms with Crippen molar-refractivity contribution in [3.8, 4) is 0 Å². The summed E-state index contributed by atoms with van der Waals surface area (Å²) in [4.78, 5) is 4.49. The molecular weight excluding hydrogens is 230 g/mol. The van der Waals surface area contributed by atoms with Gasteiger partial charge in [0.2, 0.25) is 11.7 Å². The zero-order valence-corrected chi connectivity index (χ0v) is 11.5. The summed E-state index contributed by atoms with van der Waals surface area (Å²) in [5.41, 5.74) is -0.431. The fourth-order valence-electron chi connectivity index (χ4n) is 2.34. The summed E-state index contributed by atoms with van der Waals surface area (Å²) < 4.78 is 11.1. The summed E-state index contributed by atoms with van der Waals surface area (Å²) in [6.07, 6.45) is 4.08. The fourth-order valence-corrected chi connectivity index (χ4v) is 2.34. The third-order valence-corrected chi connectivity index (χ3v) is 3.66. The molecule has 0 radical (unpaired) electrons. The van der Waals surface area contributed by atoms with E-state index in [9.17, 15) is 0 Å². The monoisotopic (exact) mass is 253 g/mol. The van der Waals surface area contributed by atoms with E-state index in [4.69, 9.17) is 9.26 Å². The van der Waals surface area contributed by atoms with Crippen molar-refractivity contribution < 1.29 is 9.26 Å². The quantitative estimate of drug-likeness (QED) is 0.840. The largest absolute Gasteiger partial charge is 0.367 e. The molecule has 2 unspecified atom stereocenters. The van der Waals surface area contributed by atoms with E-state index < -0.39 is 5.60 Å². The lowest BCUT2D eigenvalue weighted by Crippen LogP contribution is -2.27. The Hall–Kier alpha value is -0.940. The van der Waals surface area contributed by atoms with Crippen LogP contribution in [-0.2, 0) is 16.8 Å². The molecule has 5 nitrogen and oxygen atoms in total. The van der Waals surface area contributed by atoms with Gasteiger partial charge in [-0.15, -0.1) is 0 Å². The highest BCUT2D eigenvalue weighted by Gasteiger charge is 2.31. The maximum Gasteiger partial charge on any atom is 0.228 e. The van der Waals surface area contributed by atoms with E-state index in [2.05, 4.69) is 22.4 Å². The average molecular weight is 253 g/mol. The van der Waals surface area contributed by atoms with Gasteiger partial charge in [0.15, 0.2) is 0 Å². The molecule has 2 heterocycles. The van der Waals surface area contributed by atoms with E-state index in [0.29, 0.717) is 24.4 Å². The Morgan fingerprint density at radius 3 is 2.94 bits per heavy atom. The van der Waals surface area contributed by atoms with E-state index in [0.717, 1.165) is 19.4 Å². The Morgan fingerprint density at radius 1 is 1.50 bits per heavy atom. The third kappa shape index (κ3) is 2.90. The van der Waals surface area contributed by atoms with Crippen molar-refractivity contribution in [3.63, 3.8) is 0 Å². The van der Waals surface area contributed by atoms with Crippen molar-refractivity contribution in [2.45, 2.75) is 58.1 Å². The molecule has 0 aromatic carbocycles. The van der Waals surface area contributed by atoms with Crippen LogP contribution >= 0.6 is 0 Å². The first kappa shape index (κ1) is 13.5. The Morgan fingerprint density at radius 2 is 2.33 bits per heavy atom. The first-order chi connectivity index (χ1) is 8.68. The zero-order valence-electron chi connectivity index (χ0n) is 11.5. The molecule has 0 amide bonds. The Bertz CT molecular complexity index is 374. The maximum atomic E-state index is 5.75. The molecule has 0 saturated carbocycles. The average Bonchev–Trinajstić information content (AvgIpc) is 3.01. The van der Waals surface area contributed by atoms with Gasteiger partial charge in [-0.2, -0.15) is 4.98 Å². The normalized spacial score (nSPS) is 23.2. The van der Waals surface area contributed by atoms with E-state index in [-0.39, 0.29) is 0 Å². The molecule has 1 aromatic heterocycles. The zero-order chi connectivity index (χ0) is 13.0.